The molecule has 3 N–H and O–H groups in total. The Morgan fingerprint density at radius 2 is 2.56 bits per heavy atom. The Balaban J connectivity index is 2.42. The highest BCUT2D eigenvalue weighted by molar-refractivity contribution is 5.37. The van der Waals surface area contributed by atoms with Crippen LogP contribution < -0.4 is 11.2 Å². The predicted molar refractivity (Wildman–Crippen MR) is 32.8 cm³/mol. The standard InChI is InChI=1S/C6H8N2O/c7-6-4-2-1-3-5(4)8-9-6/h3,8H,1-2,7H2. The van der Waals surface area contributed by atoms with Crippen LogP contribution in [0.4, 0.5) is 0 Å². The van der Waals surface area contributed by atoms with E-state index in [1.54, 1.807) is 0 Å². The monoisotopic (exact) mass is 124 g/mol. The van der Waals surface area contributed by atoms with Crippen LogP contribution in [0.2, 0.25) is 0 Å². The molecule has 1 aliphatic carbocycles. The lowest BCUT2D eigenvalue weighted by molar-refractivity contribution is 0.152. The molecule has 1 heterocycles. The molecular weight excluding hydrogens is 116 g/mol. The van der Waals surface area contributed by atoms with Crippen LogP contribution in [0.25, 0.3) is 0 Å². The summed E-state index contributed by atoms with van der Waals surface area (Å²) in [6, 6.07) is 0. The molecule has 0 unspecified atom stereocenters. The number of nitrogens with two attached hydrogens (primary N) is 1. The summed E-state index contributed by atoms with van der Waals surface area (Å²) >= 11 is 0. The largest absolute Gasteiger partial charge is 0.367 e. The molecular formula is C6H8N2O. The molecule has 3 nitrogen and oxygen atoms in total. The molecule has 0 aromatic rings. The number of nitrogens with one attached hydrogen (secondary N) is 1. The third-order valence-electron chi connectivity index (χ3n) is 1.64. The fourth-order valence-electron chi connectivity index (χ4n) is 1.15. The summed E-state index contributed by atoms with van der Waals surface area (Å²) in [7, 11) is 0. The molecule has 0 aromatic heterocycles. The van der Waals surface area contributed by atoms with E-state index in [0.29, 0.717) is 5.88 Å². The molecule has 0 bridgehead atoms. The summed E-state index contributed by atoms with van der Waals surface area (Å²) in [5.41, 5.74) is 10.4. The van der Waals surface area contributed by atoms with E-state index in [9.17, 15) is 0 Å². The van der Waals surface area contributed by atoms with Crippen LogP contribution in [0.1, 0.15) is 12.8 Å². The zero-order chi connectivity index (χ0) is 6.27. The predicted octanol–water partition coefficient (Wildman–Crippen LogP) is 0.369. The van der Waals surface area contributed by atoms with Crippen LogP contribution in [0, 0.1) is 0 Å². The van der Waals surface area contributed by atoms with Crippen molar-refractivity contribution in [2.24, 2.45) is 5.73 Å². The van der Waals surface area contributed by atoms with Gasteiger partial charge in [-0.05, 0) is 12.8 Å². The molecule has 0 saturated carbocycles. The van der Waals surface area contributed by atoms with Gasteiger partial charge in [0, 0.05) is 5.57 Å². The van der Waals surface area contributed by atoms with E-state index in [-0.39, 0.29) is 0 Å². The molecule has 0 aromatic carbocycles. The fraction of sp³-hybridized carbons (Fsp3) is 0.333. The molecule has 0 atom stereocenters. The van der Waals surface area contributed by atoms with Gasteiger partial charge in [0.05, 0.1) is 5.70 Å². The van der Waals surface area contributed by atoms with E-state index < -0.39 is 0 Å². The van der Waals surface area contributed by atoms with Crippen molar-refractivity contribution < 1.29 is 4.84 Å². The van der Waals surface area contributed by atoms with Crippen molar-refractivity contribution >= 4 is 0 Å². The van der Waals surface area contributed by atoms with Crippen LogP contribution in [0.5, 0.6) is 0 Å². The van der Waals surface area contributed by atoms with Gasteiger partial charge in [-0.1, -0.05) is 6.08 Å². The van der Waals surface area contributed by atoms with E-state index in [2.05, 4.69) is 11.6 Å². The van der Waals surface area contributed by atoms with Gasteiger partial charge in [-0.25, -0.2) is 5.48 Å². The van der Waals surface area contributed by atoms with Crippen LogP contribution in [0.3, 0.4) is 0 Å². The minimum atomic E-state index is 0.541. The SMILES string of the molecule is NC1=C2CCC=C2NO1. The third-order valence-corrected chi connectivity index (χ3v) is 1.64. The Labute approximate surface area is 53.1 Å². The van der Waals surface area contributed by atoms with Crippen molar-refractivity contribution in [1.29, 1.82) is 0 Å². The first-order valence-corrected chi connectivity index (χ1v) is 3.00. The van der Waals surface area contributed by atoms with E-state index in [1.165, 1.54) is 0 Å². The zero-order valence-corrected chi connectivity index (χ0v) is 4.98. The Bertz CT molecular complexity index is 202. The van der Waals surface area contributed by atoms with Crippen molar-refractivity contribution in [2.45, 2.75) is 12.8 Å². The van der Waals surface area contributed by atoms with Gasteiger partial charge in [-0.3, -0.25) is 0 Å². The summed E-state index contributed by atoms with van der Waals surface area (Å²) in [6.45, 7) is 0. The summed E-state index contributed by atoms with van der Waals surface area (Å²) in [5.74, 6) is 0.541. The highest BCUT2D eigenvalue weighted by atomic mass is 16.7. The van der Waals surface area contributed by atoms with Gasteiger partial charge in [-0.15, -0.1) is 0 Å². The Morgan fingerprint density at radius 1 is 1.67 bits per heavy atom. The van der Waals surface area contributed by atoms with Gasteiger partial charge in [0.1, 0.15) is 0 Å². The highest BCUT2D eigenvalue weighted by Gasteiger charge is 2.22. The number of allylic oxidation sites excluding steroid dienone is 2. The topological polar surface area (TPSA) is 47.3 Å². The molecule has 1 aliphatic heterocycles. The van der Waals surface area contributed by atoms with Crippen molar-refractivity contribution in [2.75, 3.05) is 0 Å². The molecule has 2 aliphatic rings. The van der Waals surface area contributed by atoms with Crippen molar-refractivity contribution in [3.8, 4) is 0 Å². The van der Waals surface area contributed by atoms with Crippen LogP contribution >= 0.6 is 0 Å². The van der Waals surface area contributed by atoms with Gasteiger partial charge < -0.3 is 10.6 Å². The summed E-state index contributed by atoms with van der Waals surface area (Å²) < 4.78 is 0. The highest BCUT2D eigenvalue weighted by Crippen LogP contribution is 2.28. The van der Waals surface area contributed by atoms with Crippen LogP contribution in [-0.4, -0.2) is 0 Å². The molecule has 9 heavy (non-hydrogen) atoms. The number of hydrogen-bond acceptors (Lipinski definition) is 3. The number of hydroxylamine groups is 1. The molecule has 48 valence electrons. The second kappa shape index (κ2) is 1.43. The Kier molecular flexibility index (Phi) is 0.754. The lowest BCUT2D eigenvalue weighted by Gasteiger charge is -1.94. The first-order chi connectivity index (χ1) is 4.38. The Hall–Kier alpha value is -1.12. The van der Waals surface area contributed by atoms with Gasteiger partial charge >= 0.3 is 0 Å². The minimum Gasteiger partial charge on any atom is -0.367 e. The van der Waals surface area contributed by atoms with Crippen molar-refractivity contribution in [1.82, 2.24) is 5.48 Å². The van der Waals surface area contributed by atoms with Gasteiger partial charge in [0.15, 0.2) is 0 Å². The molecule has 0 radical (unpaired) electrons. The van der Waals surface area contributed by atoms with Gasteiger partial charge in [-0.2, -0.15) is 0 Å². The maximum atomic E-state index is 5.47. The normalized spacial score (nSPS) is 22.9. The van der Waals surface area contributed by atoms with Gasteiger partial charge in [0.2, 0.25) is 5.88 Å². The summed E-state index contributed by atoms with van der Waals surface area (Å²) in [4.78, 5) is 4.86. The molecule has 0 amide bonds. The molecule has 0 spiro atoms. The second-order valence-electron chi connectivity index (χ2n) is 2.20. The Morgan fingerprint density at radius 3 is 3.33 bits per heavy atom. The van der Waals surface area contributed by atoms with Crippen LogP contribution in [0.15, 0.2) is 23.2 Å². The van der Waals surface area contributed by atoms with Gasteiger partial charge in [0.25, 0.3) is 0 Å². The maximum absolute atomic E-state index is 5.47. The van der Waals surface area contributed by atoms with E-state index in [0.717, 1.165) is 24.1 Å². The van der Waals surface area contributed by atoms with E-state index >= 15 is 0 Å². The average molecular weight is 124 g/mol. The van der Waals surface area contributed by atoms with Crippen molar-refractivity contribution in [3.05, 3.63) is 23.2 Å². The lowest BCUT2D eigenvalue weighted by atomic mass is 10.2. The van der Waals surface area contributed by atoms with E-state index in [4.69, 9.17) is 10.6 Å². The minimum absolute atomic E-state index is 0.541. The third kappa shape index (κ3) is 0.512. The van der Waals surface area contributed by atoms with E-state index in [1.807, 2.05) is 0 Å². The lowest BCUT2D eigenvalue weighted by Crippen LogP contribution is -2.06. The zero-order valence-electron chi connectivity index (χ0n) is 4.98. The average Bonchev–Trinajstić information content (AvgIpc) is 2.35. The van der Waals surface area contributed by atoms with Crippen molar-refractivity contribution in [3.63, 3.8) is 0 Å². The number of fused-ring (bicyclic) bond motifs is 1. The number of hydrogen-bond donors (Lipinski definition) is 2. The van der Waals surface area contributed by atoms with Crippen LogP contribution in [-0.2, 0) is 4.84 Å². The molecule has 3 heteroatoms. The molecule has 0 saturated heterocycles. The smallest absolute Gasteiger partial charge is 0.222 e. The summed E-state index contributed by atoms with van der Waals surface area (Å²) in [6.07, 6.45) is 4.20. The molecule has 2 rings (SSSR count). The number of rotatable bonds is 0. The summed E-state index contributed by atoms with van der Waals surface area (Å²) in [5, 5.41) is 0. The first kappa shape index (κ1) is 4.73. The second-order valence-corrected chi connectivity index (χ2v) is 2.20. The maximum Gasteiger partial charge on any atom is 0.222 e. The fourth-order valence-corrected chi connectivity index (χ4v) is 1.15. The quantitative estimate of drug-likeness (QED) is 0.490. The molecule has 0 fully saturated rings. The first-order valence-electron chi connectivity index (χ1n) is 3.00.